The third-order valence-electron chi connectivity index (χ3n) is 13.0. The monoisotopic (exact) mass is 796 g/mol. The third-order valence-corrected chi connectivity index (χ3v) is 14.6. The Balaban J connectivity index is 1.07. The molecule has 0 spiro atoms. The molecule has 10 rings (SSSR count). The molecule has 2 saturated heterocycles. The SMILES string of the molecule is C=Cc1ccc(N2C(=O)C3CC=C4C(CC5C(=O)N(c6cc(-c7sc8ccc(Cl)cc8c7C)nn6C)C(=O)C5(C)C4C4=COc5ccc(O)cc5C4)C3C2=O)cc1. The zero-order valence-electron chi connectivity index (χ0n) is 31.4. The van der Waals surface area contributed by atoms with Gasteiger partial charge in [-0.15, -0.1) is 11.3 Å². The number of ether oxygens (including phenoxy) is 1. The molecule has 6 unspecified atom stereocenters. The van der Waals surface area contributed by atoms with Gasteiger partial charge < -0.3 is 9.84 Å². The van der Waals surface area contributed by atoms with Gasteiger partial charge in [0, 0.05) is 40.7 Å². The normalized spacial score (nSPS) is 26.5. The Hall–Kier alpha value is -5.78. The van der Waals surface area contributed by atoms with Gasteiger partial charge in [-0.3, -0.25) is 28.8 Å². The predicted octanol–water partition coefficient (Wildman–Crippen LogP) is 8.40. The van der Waals surface area contributed by atoms with Gasteiger partial charge in [-0.2, -0.15) is 5.10 Å². The van der Waals surface area contributed by atoms with Gasteiger partial charge in [0.2, 0.25) is 23.6 Å². The predicted molar refractivity (Wildman–Crippen MR) is 219 cm³/mol. The molecule has 5 aromatic rings. The summed E-state index contributed by atoms with van der Waals surface area (Å²) in [6.07, 6.45) is 6.29. The minimum absolute atomic E-state index is 0.0856. The summed E-state index contributed by atoms with van der Waals surface area (Å²) in [5.74, 6) is -3.53. The molecule has 0 bridgehead atoms. The standard InChI is InChI=1S/C45H37ClN4O6S/c1-5-23-6-9-27(10-7-23)49-41(52)30-13-12-29-32(38(30)43(49)54)19-33-42(53)50(37-20-34(47-48(37)4)40-22(2)31-18-26(46)8-15-36(31)57-40)44(55)45(33,3)39(29)25-16-24-17-28(51)11-14-35(24)56-21-25/h5-12,14-15,17-18,20-21,30,32-33,38-39,51H,1,13,16,19H2,2-4H3. The van der Waals surface area contributed by atoms with Gasteiger partial charge in [-0.05, 0) is 103 Å². The number of halogens is 1. The fourth-order valence-corrected chi connectivity index (χ4v) is 11.6. The number of thiophene rings is 1. The summed E-state index contributed by atoms with van der Waals surface area (Å²) in [5.41, 5.74) is 4.10. The largest absolute Gasteiger partial charge is 0.508 e. The molecule has 5 aliphatic rings. The molecular formula is C45H37ClN4O6S. The molecule has 2 aromatic heterocycles. The average Bonchev–Trinajstić information content (AvgIpc) is 3.87. The van der Waals surface area contributed by atoms with Crippen molar-refractivity contribution in [3.63, 3.8) is 0 Å². The lowest BCUT2D eigenvalue weighted by Crippen LogP contribution is -2.51. The number of aromatic hydroxyl groups is 1. The van der Waals surface area contributed by atoms with E-state index in [0.29, 0.717) is 40.8 Å². The molecule has 286 valence electrons. The number of carbonyl (C=O) groups excluding carboxylic acids is 4. The van der Waals surface area contributed by atoms with Crippen LogP contribution in [0.5, 0.6) is 11.5 Å². The van der Waals surface area contributed by atoms with Crippen LogP contribution in [0.1, 0.15) is 36.5 Å². The number of phenols is 1. The Labute approximate surface area is 337 Å². The molecule has 3 fully saturated rings. The van der Waals surface area contributed by atoms with Crippen molar-refractivity contribution >= 4 is 74.2 Å². The number of carbonyl (C=O) groups is 4. The molecule has 0 radical (unpaired) electrons. The fourth-order valence-electron chi connectivity index (χ4n) is 10.3. The Morgan fingerprint density at radius 3 is 2.54 bits per heavy atom. The van der Waals surface area contributed by atoms with Crippen LogP contribution in [0.15, 0.2) is 96.8 Å². The number of aryl methyl sites for hydroxylation is 2. The van der Waals surface area contributed by atoms with E-state index in [1.54, 1.807) is 71.8 Å². The molecular weight excluding hydrogens is 760 g/mol. The molecule has 2 aliphatic carbocycles. The summed E-state index contributed by atoms with van der Waals surface area (Å²) in [7, 11) is 1.73. The van der Waals surface area contributed by atoms with E-state index in [1.165, 1.54) is 9.80 Å². The van der Waals surface area contributed by atoms with E-state index < -0.39 is 35.0 Å². The van der Waals surface area contributed by atoms with Crippen LogP contribution in [0.2, 0.25) is 5.02 Å². The van der Waals surface area contributed by atoms with Crippen LogP contribution in [0.25, 0.3) is 26.7 Å². The highest BCUT2D eigenvalue weighted by atomic mass is 35.5. The minimum Gasteiger partial charge on any atom is -0.508 e. The number of allylic oxidation sites excluding steroid dienone is 3. The first-order valence-electron chi connectivity index (χ1n) is 19.0. The number of anilines is 2. The van der Waals surface area contributed by atoms with E-state index >= 15 is 9.59 Å². The number of hydrogen-bond acceptors (Lipinski definition) is 8. The highest BCUT2D eigenvalue weighted by Crippen LogP contribution is 2.63. The Morgan fingerprint density at radius 2 is 1.77 bits per heavy atom. The lowest BCUT2D eigenvalue weighted by atomic mass is 9.51. The summed E-state index contributed by atoms with van der Waals surface area (Å²) in [6, 6.07) is 19.6. The summed E-state index contributed by atoms with van der Waals surface area (Å²) < 4.78 is 8.79. The lowest BCUT2D eigenvalue weighted by molar-refractivity contribution is -0.132. The second-order valence-electron chi connectivity index (χ2n) is 16.0. The van der Waals surface area contributed by atoms with Crippen molar-refractivity contribution < 1.29 is 29.0 Å². The van der Waals surface area contributed by atoms with Gasteiger partial charge in [-0.25, -0.2) is 4.90 Å². The van der Waals surface area contributed by atoms with Gasteiger partial charge in [0.15, 0.2) is 0 Å². The van der Waals surface area contributed by atoms with Gasteiger partial charge in [0.05, 0.1) is 40.0 Å². The number of nitrogens with zero attached hydrogens (tertiary/aromatic N) is 4. The number of imide groups is 2. The Bertz CT molecular complexity index is 2710. The maximum absolute atomic E-state index is 15.3. The van der Waals surface area contributed by atoms with E-state index in [-0.39, 0.29) is 35.8 Å². The highest BCUT2D eigenvalue weighted by Gasteiger charge is 2.68. The molecule has 57 heavy (non-hydrogen) atoms. The van der Waals surface area contributed by atoms with Crippen molar-refractivity contribution in [2.45, 2.75) is 33.1 Å². The Morgan fingerprint density at radius 1 is 0.982 bits per heavy atom. The van der Waals surface area contributed by atoms with E-state index in [2.05, 4.69) is 6.58 Å². The fraction of sp³-hybridized carbons (Fsp3) is 0.267. The van der Waals surface area contributed by atoms with Crippen molar-refractivity contribution in [1.82, 2.24) is 9.78 Å². The zero-order chi connectivity index (χ0) is 39.7. The van der Waals surface area contributed by atoms with Gasteiger partial charge in [-0.1, -0.05) is 48.0 Å². The van der Waals surface area contributed by atoms with Crippen molar-refractivity contribution in [3.8, 4) is 22.1 Å². The molecule has 6 atom stereocenters. The molecule has 1 saturated carbocycles. The average molecular weight is 797 g/mol. The van der Waals surface area contributed by atoms with Crippen molar-refractivity contribution in [2.75, 3.05) is 9.80 Å². The summed E-state index contributed by atoms with van der Waals surface area (Å²) in [4.78, 5) is 62.4. The number of benzene rings is 3. The van der Waals surface area contributed by atoms with Crippen LogP contribution in [-0.4, -0.2) is 38.5 Å². The smallest absolute Gasteiger partial charge is 0.242 e. The summed E-state index contributed by atoms with van der Waals surface area (Å²) >= 11 is 7.91. The van der Waals surface area contributed by atoms with Gasteiger partial charge in [0.1, 0.15) is 23.0 Å². The summed E-state index contributed by atoms with van der Waals surface area (Å²) in [6.45, 7) is 7.68. The van der Waals surface area contributed by atoms with E-state index in [9.17, 15) is 14.7 Å². The molecule has 3 aliphatic heterocycles. The van der Waals surface area contributed by atoms with E-state index in [1.807, 2.05) is 50.3 Å². The van der Waals surface area contributed by atoms with E-state index in [0.717, 1.165) is 42.8 Å². The molecule has 5 heterocycles. The first kappa shape index (κ1) is 35.6. The van der Waals surface area contributed by atoms with Crippen LogP contribution in [0.3, 0.4) is 0 Å². The lowest BCUT2D eigenvalue weighted by Gasteiger charge is -2.49. The van der Waals surface area contributed by atoms with Gasteiger partial charge >= 0.3 is 0 Å². The second-order valence-corrected chi connectivity index (χ2v) is 17.4. The van der Waals surface area contributed by atoms with Crippen LogP contribution in [-0.2, 0) is 32.6 Å². The van der Waals surface area contributed by atoms with Crippen molar-refractivity contribution in [3.05, 3.63) is 119 Å². The van der Waals surface area contributed by atoms with E-state index in [4.69, 9.17) is 21.4 Å². The summed E-state index contributed by atoms with van der Waals surface area (Å²) in [5, 5.41) is 16.9. The van der Waals surface area contributed by atoms with Crippen LogP contribution in [0.4, 0.5) is 11.5 Å². The minimum atomic E-state index is -1.27. The molecule has 4 amide bonds. The second kappa shape index (κ2) is 12.6. The number of amides is 4. The van der Waals surface area contributed by atoms with Crippen LogP contribution in [0, 0.1) is 41.9 Å². The quantitative estimate of drug-likeness (QED) is 0.140. The molecule has 12 heteroatoms. The topological polar surface area (TPSA) is 122 Å². The van der Waals surface area contributed by atoms with Gasteiger partial charge in [0.25, 0.3) is 0 Å². The molecule has 3 aromatic carbocycles. The maximum Gasteiger partial charge on any atom is 0.242 e. The number of phenolic OH excluding ortho intramolecular Hbond substituents is 1. The first-order chi connectivity index (χ1) is 27.4. The van der Waals surface area contributed by atoms with Crippen LogP contribution >= 0.6 is 22.9 Å². The first-order valence-corrected chi connectivity index (χ1v) is 20.2. The maximum atomic E-state index is 15.3. The number of fused-ring (bicyclic) bond motifs is 6. The zero-order valence-corrected chi connectivity index (χ0v) is 32.9. The molecule has 10 nitrogen and oxygen atoms in total. The number of aromatic nitrogens is 2. The van der Waals surface area contributed by atoms with Crippen molar-refractivity contribution in [2.24, 2.45) is 42.1 Å². The Kier molecular flexibility index (Phi) is 7.88. The van der Waals surface area contributed by atoms with Crippen LogP contribution < -0.4 is 14.5 Å². The number of rotatable bonds is 5. The molecule has 1 N–H and O–H groups in total. The van der Waals surface area contributed by atoms with Crippen molar-refractivity contribution in [1.29, 1.82) is 0 Å². The highest BCUT2D eigenvalue weighted by molar-refractivity contribution is 7.22. The third kappa shape index (κ3) is 5.04. The number of hydrogen-bond donors (Lipinski definition) is 1.